The Kier molecular flexibility index (Phi) is 5.76. The van der Waals surface area contributed by atoms with E-state index in [-0.39, 0.29) is 22.9 Å². The van der Waals surface area contributed by atoms with Crippen LogP contribution in [0.3, 0.4) is 0 Å². The van der Waals surface area contributed by atoms with Gasteiger partial charge in [0.25, 0.3) is 5.91 Å². The average Bonchev–Trinajstić information content (AvgIpc) is 3.42. The summed E-state index contributed by atoms with van der Waals surface area (Å²) < 4.78 is 34.2. The molecule has 3 heterocycles. The Labute approximate surface area is 172 Å². The van der Waals surface area contributed by atoms with Crippen LogP contribution in [0.4, 0.5) is 5.69 Å². The first-order valence-electron chi connectivity index (χ1n) is 9.07. The van der Waals surface area contributed by atoms with Gasteiger partial charge in [0, 0.05) is 31.2 Å². The number of thiophene rings is 1. The summed E-state index contributed by atoms with van der Waals surface area (Å²) in [5, 5.41) is 8.57. The van der Waals surface area contributed by atoms with Crippen LogP contribution >= 0.6 is 11.3 Å². The third-order valence-corrected chi connectivity index (χ3v) is 7.52. The molecule has 0 saturated carbocycles. The van der Waals surface area contributed by atoms with E-state index in [1.165, 1.54) is 10.4 Å². The van der Waals surface area contributed by atoms with Crippen LogP contribution < -0.4 is 5.32 Å². The van der Waals surface area contributed by atoms with Crippen LogP contribution in [0.1, 0.15) is 15.2 Å². The highest BCUT2D eigenvalue weighted by atomic mass is 32.2. The molecule has 0 spiro atoms. The minimum atomic E-state index is -3.73. The summed E-state index contributed by atoms with van der Waals surface area (Å²) in [5.41, 5.74) is 1.64. The molecule has 1 N–H and O–H groups in total. The predicted octanol–water partition coefficient (Wildman–Crippen LogP) is 2.27. The zero-order chi connectivity index (χ0) is 20.3. The molecule has 1 aliphatic rings. The summed E-state index contributed by atoms with van der Waals surface area (Å²) >= 11 is 1.11. The molecule has 10 heteroatoms. The fourth-order valence-corrected chi connectivity index (χ4v) is 5.76. The molecule has 1 aromatic carbocycles. The number of carbonyl (C=O) groups is 1. The standard InChI is InChI=1S/C19H20N4O4S2/c24-19(21-16-4-2-15(3-5-16)14-22-8-1-7-20-22)18-17(6-13-28-18)29(25,26)23-9-11-27-12-10-23/h1-8,13H,9-12,14H2,(H,21,24). The molecule has 0 unspecified atom stereocenters. The van der Waals surface area contributed by atoms with Gasteiger partial charge in [-0.05, 0) is 35.2 Å². The number of carbonyl (C=O) groups excluding carboxylic acids is 1. The van der Waals surface area contributed by atoms with Gasteiger partial charge in [0.15, 0.2) is 0 Å². The highest BCUT2D eigenvalue weighted by molar-refractivity contribution is 7.89. The summed E-state index contributed by atoms with van der Waals surface area (Å²) in [6.07, 6.45) is 3.60. The fourth-order valence-electron chi connectivity index (χ4n) is 3.05. The molecule has 0 atom stereocenters. The number of sulfonamides is 1. The van der Waals surface area contributed by atoms with E-state index in [0.29, 0.717) is 25.4 Å². The highest BCUT2D eigenvalue weighted by Gasteiger charge is 2.31. The van der Waals surface area contributed by atoms with E-state index in [0.717, 1.165) is 16.9 Å². The number of amides is 1. The minimum Gasteiger partial charge on any atom is -0.379 e. The summed E-state index contributed by atoms with van der Waals surface area (Å²) in [4.78, 5) is 13.0. The normalized spacial score (nSPS) is 15.3. The average molecular weight is 433 g/mol. The number of aromatic nitrogens is 2. The van der Waals surface area contributed by atoms with Gasteiger partial charge in [-0.25, -0.2) is 8.42 Å². The van der Waals surface area contributed by atoms with Crippen molar-refractivity contribution in [2.45, 2.75) is 11.4 Å². The van der Waals surface area contributed by atoms with Crippen molar-refractivity contribution in [2.75, 3.05) is 31.6 Å². The lowest BCUT2D eigenvalue weighted by molar-refractivity contribution is 0.0730. The number of benzene rings is 1. The third-order valence-electron chi connectivity index (χ3n) is 4.54. The summed E-state index contributed by atoms with van der Waals surface area (Å²) in [5.74, 6) is -0.438. The van der Waals surface area contributed by atoms with Crippen LogP contribution in [0.15, 0.2) is 59.1 Å². The van der Waals surface area contributed by atoms with E-state index in [4.69, 9.17) is 4.74 Å². The van der Waals surface area contributed by atoms with E-state index in [1.54, 1.807) is 23.7 Å². The fraction of sp³-hybridized carbons (Fsp3) is 0.263. The highest BCUT2D eigenvalue weighted by Crippen LogP contribution is 2.27. The van der Waals surface area contributed by atoms with Crippen molar-refractivity contribution in [2.24, 2.45) is 0 Å². The molecule has 2 aromatic heterocycles. The smallest absolute Gasteiger partial charge is 0.267 e. The predicted molar refractivity (Wildman–Crippen MR) is 110 cm³/mol. The maximum absolute atomic E-state index is 12.9. The van der Waals surface area contributed by atoms with Gasteiger partial charge in [0.05, 0.1) is 19.8 Å². The molecule has 29 heavy (non-hydrogen) atoms. The van der Waals surface area contributed by atoms with Gasteiger partial charge >= 0.3 is 0 Å². The SMILES string of the molecule is O=C(Nc1ccc(Cn2cccn2)cc1)c1sccc1S(=O)(=O)N1CCOCC1. The van der Waals surface area contributed by atoms with Gasteiger partial charge in [-0.15, -0.1) is 11.3 Å². The number of nitrogens with zero attached hydrogens (tertiary/aromatic N) is 3. The van der Waals surface area contributed by atoms with Crippen LogP contribution in [0.25, 0.3) is 0 Å². The first-order chi connectivity index (χ1) is 14.0. The summed E-state index contributed by atoms with van der Waals surface area (Å²) in [7, 11) is -3.73. The molecule has 1 aliphatic heterocycles. The quantitative estimate of drug-likeness (QED) is 0.645. The van der Waals surface area contributed by atoms with Gasteiger partial charge in [0.1, 0.15) is 9.77 Å². The van der Waals surface area contributed by atoms with Crippen molar-refractivity contribution in [3.63, 3.8) is 0 Å². The maximum atomic E-state index is 12.9. The molecule has 8 nitrogen and oxygen atoms in total. The molecule has 0 bridgehead atoms. The second kappa shape index (κ2) is 8.46. The van der Waals surface area contributed by atoms with Crippen LogP contribution in [0.5, 0.6) is 0 Å². The topological polar surface area (TPSA) is 93.5 Å². The Bertz CT molecular complexity index is 1070. The number of morpholine rings is 1. The monoisotopic (exact) mass is 432 g/mol. The van der Waals surface area contributed by atoms with E-state index in [9.17, 15) is 13.2 Å². The lowest BCUT2D eigenvalue weighted by Gasteiger charge is -2.26. The van der Waals surface area contributed by atoms with Crippen molar-refractivity contribution in [1.82, 2.24) is 14.1 Å². The molecule has 1 amide bonds. The molecule has 1 fully saturated rings. The van der Waals surface area contributed by atoms with Crippen molar-refractivity contribution in [1.29, 1.82) is 0 Å². The van der Waals surface area contributed by atoms with E-state index >= 15 is 0 Å². The Hall–Kier alpha value is -2.53. The molecule has 3 aromatic rings. The lowest BCUT2D eigenvalue weighted by Crippen LogP contribution is -2.41. The number of hydrogen-bond acceptors (Lipinski definition) is 6. The Morgan fingerprint density at radius 2 is 1.93 bits per heavy atom. The molecular formula is C19H20N4O4S2. The van der Waals surface area contributed by atoms with Crippen molar-refractivity contribution >= 4 is 33.0 Å². The summed E-state index contributed by atoms with van der Waals surface area (Å²) in [6, 6.07) is 10.7. The van der Waals surface area contributed by atoms with E-state index < -0.39 is 15.9 Å². The molecular weight excluding hydrogens is 412 g/mol. The third kappa shape index (κ3) is 4.40. The van der Waals surface area contributed by atoms with E-state index in [2.05, 4.69) is 10.4 Å². The maximum Gasteiger partial charge on any atom is 0.267 e. The lowest BCUT2D eigenvalue weighted by atomic mass is 10.2. The minimum absolute atomic E-state index is 0.0391. The first kappa shape index (κ1) is 19.8. The van der Waals surface area contributed by atoms with Gasteiger partial charge in [-0.2, -0.15) is 9.40 Å². The van der Waals surface area contributed by atoms with Gasteiger partial charge < -0.3 is 10.1 Å². The van der Waals surface area contributed by atoms with Crippen LogP contribution in [-0.2, 0) is 21.3 Å². The zero-order valence-corrected chi connectivity index (χ0v) is 17.2. The number of nitrogens with one attached hydrogen (secondary N) is 1. The number of hydrogen-bond donors (Lipinski definition) is 1. The Morgan fingerprint density at radius 3 is 2.62 bits per heavy atom. The summed E-state index contributed by atoms with van der Waals surface area (Å²) in [6.45, 7) is 1.92. The first-order valence-corrected chi connectivity index (χ1v) is 11.4. The molecule has 1 saturated heterocycles. The largest absolute Gasteiger partial charge is 0.379 e. The molecule has 152 valence electrons. The Morgan fingerprint density at radius 1 is 1.17 bits per heavy atom. The molecule has 0 radical (unpaired) electrons. The van der Waals surface area contributed by atoms with Crippen LogP contribution in [0.2, 0.25) is 0 Å². The van der Waals surface area contributed by atoms with Gasteiger partial charge in [0.2, 0.25) is 10.0 Å². The second-order valence-corrected chi connectivity index (χ2v) is 9.31. The van der Waals surface area contributed by atoms with Gasteiger partial charge in [-0.3, -0.25) is 9.48 Å². The Balaban J connectivity index is 1.47. The zero-order valence-electron chi connectivity index (χ0n) is 15.5. The van der Waals surface area contributed by atoms with Crippen molar-refractivity contribution in [3.05, 3.63) is 64.6 Å². The van der Waals surface area contributed by atoms with Crippen molar-refractivity contribution < 1.29 is 17.9 Å². The second-order valence-electron chi connectivity index (χ2n) is 6.49. The van der Waals surface area contributed by atoms with Crippen LogP contribution in [-0.4, -0.2) is 54.7 Å². The number of rotatable bonds is 6. The van der Waals surface area contributed by atoms with Crippen molar-refractivity contribution in [3.8, 4) is 0 Å². The number of ether oxygens (including phenoxy) is 1. The number of anilines is 1. The molecule has 4 rings (SSSR count). The molecule has 0 aliphatic carbocycles. The van der Waals surface area contributed by atoms with E-state index in [1.807, 2.05) is 29.1 Å². The van der Waals surface area contributed by atoms with Gasteiger partial charge in [-0.1, -0.05) is 12.1 Å². The van der Waals surface area contributed by atoms with Crippen LogP contribution in [0, 0.1) is 0 Å².